The van der Waals surface area contributed by atoms with E-state index >= 15 is 0 Å². The number of nitrogens with zero attached hydrogens (tertiary/aromatic N) is 5. The maximum absolute atomic E-state index is 14.6. The van der Waals surface area contributed by atoms with Crippen molar-refractivity contribution < 1.29 is 17.6 Å². The first-order valence-electron chi connectivity index (χ1n) is 11.4. The first-order chi connectivity index (χ1) is 17.8. The Morgan fingerprint density at radius 2 is 1.57 bits per heavy atom. The number of alkyl halides is 3. The van der Waals surface area contributed by atoms with Gasteiger partial charge in [-0.15, -0.1) is 0 Å². The molecule has 0 fully saturated rings. The lowest BCUT2D eigenvalue weighted by atomic mass is 9.89. The Bertz CT molecular complexity index is 1730. The van der Waals surface area contributed by atoms with Crippen LogP contribution in [0, 0.1) is 5.82 Å². The fraction of sp³-hybridized carbons (Fsp3) is 0.107. The van der Waals surface area contributed by atoms with Crippen LogP contribution in [0.15, 0.2) is 91.8 Å². The monoisotopic (exact) mass is 501 g/mol. The maximum Gasteiger partial charge on any atom is 0.399 e. The van der Waals surface area contributed by atoms with Gasteiger partial charge in [0.15, 0.2) is 0 Å². The Morgan fingerprint density at radius 1 is 0.811 bits per heavy atom. The minimum atomic E-state index is -4.53. The van der Waals surface area contributed by atoms with Crippen molar-refractivity contribution in [3.05, 3.63) is 109 Å². The van der Waals surface area contributed by atoms with E-state index in [0.717, 1.165) is 11.1 Å². The predicted molar refractivity (Wildman–Crippen MR) is 133 cm³/mol. The minimum Gasteiger partial charge on any atom is -0.350 e. The van der Waals surface area contributed by atoms with Crippen LogP contribution in [-0.4, -0.2) is 30.5 Å². The molecule has 5 nitrogen and oxygen atoms in total. The van der Waals surface area contributed by atoms with Crippen molar-refractivity contribution in [3.63, 3.8) is 0 Å². The van der Waals surface area contributed by atoms with Gasteiger partial charge in [-0.1, -0.05) is 18.2 Å². The molecule has 6 rings (SSSR count). The van der Waals surface area contributed by atoms with Gasteiger partial charge in [0.05, 0.1) is 17.4 Å². The Morgan fingerprint density at radius 3 is 2.30 bits per heavy atom. The van der Waals surface area contributed by atoms with Crippen LogP contribution in [0.1, 0.15) is 17.0 Å². The fourth-order valence-corrected chi connectivity index (χ4v) is 4.84. The molecule has 0 bridgehead atoms. The molecule has 0 saturated carbocycles. The molecule has 184 valence electrons. The molecule has 0 radical (unpaired) electrons. The zero-order valence-electron chi connectivity index (χ0n) is 19.5. The van der Waals surface area contributed by atoms with Crippen LogP contribution in [0.2, 0.25) is 0 Å². The second-order valence-corrected chi connectivity index (χ2v) is 8.88. The van der Waals surface area contributed by atoms with E-state index in [-0.39, 0.29) is 16.9 Å². The van der Waals surface area contributed by atoms with E-state index in [1.165, 1.54) is 36.8 Å². The molecule has 1 unspecified atom stereocenters. The summed E-state index contributed by atoms with van der Waals surface area (Å²) in [5.74, 6) is -2.21. The number of hydrogen-bond donors (Lipinski definition) is 0. The van der Waals surface area contributed by atoms with Gasteiger partial charge < -0.3 is 4.57 Å². The van der Waals surface area contributed by atoms with Crippen molar-refractivity contribution in [3.8, 4) is 16.8 Å². The zero-order valence-corrected chi connectivity index (χ0v) is 19.5. The van der Waals surface area contributed by atoms with Crippen LogP contribution >= 0.6 is 0 Å². The average molecular weight is 501 g/mol. The quantitative estimate of drug-likeness (QED) is 0.250. The number of aryl methyl sites for hydroxylation is 1. The standard InChI is InChI=1S/C28H19F4N5/c1-36-15-24(23-8-2-17(11-26(23)36)20-12-33-16-34-13-20)27(28(30,31)32)18-3-9-25-19(10-18)14-35-37(25)22-6-4-21(29)5-7-22/h2-16,27H,1H3. The van der Waals surface area contributed by atoms with Crippen molar-refractivity contribution in [1.29, 1.82) is 0 Å². The summed E-state index contributed by atoms with van der Waals surface area (Å²) in [5.41, 5.74) is 3.81. The first kappa shape index (κ1) is 22.9. The third kappa shape index (κ3) is 4.02. The first-order valence-corrected chi connectivity index (χ1v) is 11.4. The van der Waals surface area contributed by atoms with Gasteiger partial charge >= 0.3 is 6.18 Å². The molecule has 3 aromatic heterocycles. The molecule has 0 saturated heterocycles. The summed E-state index contributed by atoms with van der Waals surface area (Å²) in [6.45, 7) is 0. The topological polar surface area (TPSA) is 48.5 Å². The Hall–Kier alpha value is -4.53. The third-order valence-electron chi connectivity index (χ3n) is 6.55. The number of halogens is 4. The van der Waals surface area contributed by atoms with Crippen molar-refractivity contribution in [2.75, 3.05) is 0 Å². The van der Waals surface area contributed by atoms with E-state index in [9.17, 15) is 17.6 Å². The van der Waals surface area contributed by atoms with Gasteiger partial charge in [0, 0.05) is 47.5 Å². The van der Waals surface area contributed by atoms with Gasteiger partial charge in [-0.25, -0.2) is 19.0 Å². The van der Waals surface area contributed by atoms with Crippen molar-refractivity contribution >= 4 is 21.8 Å². The van der Waals surface area contributed by atoms with Gasteiger partial charge in [0.2, 0.25) is 0 Å². The predicted octanol–water partition coefficient (Wildman–Crippen LogP) is 6.81. The van der Waals surface area contributed by atoms with Gasteiger partial charge in [-0.2, -0.15) is 18.3 Å². The molecular formula is C28H19F4N5. The number of rotatable bonds is 4. The van der Waals surface area contributed by atoms with Crippen LogP contribution in [0.25, 0.3) is 38.6 Å². The largest absolute Gasteiger partial charge is 0.399 e. The molecule has 0 aliphatic heterocycles. The highest BCUT2D eigenvalue weighted by molar-refractivity contribution is 5.89. The van der Waals surface area contributed by atoms with Crippen LogP contribution in [0.4, 0.5) is 17.6 Å². The lowest BCUT2D eigenvalue weighted by molar-refractivity contribution is -0.140. The molecule has 3 aromatic carbocycles. The Balaban J connectivity index is 1.46. The highest BCUT2D eigenvalue weighted by Crippen LogP contribution is 2.44. The van der Waals surface area contributed by atoms with Crippen molar-refractivity contribution in [2.45, 2.75) is 12.1 Å². The number of aromatic nitrogens is 5. The van der Waals surface area contributed by atoms with Crippen LogP contribution < -0.4 is 0 Å². The second-order valence-electron chi connectivity index (χ2n) is 8.88. The molecule has 0 aliphatic rings. The highest BCUT2D eigenvalue weighted by Gasteiger charge is 2.43. The normalized spacial score (nSPS) is 12.9. The molecule has 0 N–H and O–H groups in total. The third-order valence-corrected chi connectivity index (χ3v) is 6.55. The molecule has 6 aromatic rings. The number of fused-ring (bicyclic) bond motifs is 2. The number of benzene rings is 3. The summed E-state index contributed by atoms with van der Waals surface area (Å²) >= 11 is 0. The Kier molecular flexibility index (Phi) is 5.29. The summed E-state index contributed by atoms with van der Waals surface area (Å²) in [4.78, 5) is 8.06. The van der Waals surface area contributed by atoms with Crippen LogP contribution in [-0.2, 0) is 7.05 Å². The summed E-state index contributed by atoms with van der Waals surface area (Å²) < 4.78 is 60.4. The average Bonchev–Trinajstić information content (AvgIpc) is 3.45. The molecule has 0 amide bonds. The molecule has 37 heavy (non-hydrogen) atoms. The van der Waals surface area contributed by atoms with Gasteiger partial charge in [-0.3, -0.25) is 0 Å². The summed E-state index contributed by atoms with van der Waals surface area (Å²) in [6.07, 6.45) is 3.29. The van der Waals surface area contributed by atoms with Gasteiger partial charge in [0.1, 0.15) is 18.1 Å². The maximum atomic E-state index is 14.6. The summed E-state index contributed by atoms with van der Waals surface area (Å²) in [5, 5.41) is 5.40. The zero-order chi connectivity index (χ0) is 25.7. The molecular weight excluding hydrogens is 482 g/mol. The molecule has 0 aliphatic carbocycles. The number of hydrogen-bond acceptors (Lipinski definition) is 3. The minimum absolute atomic E-state index is 0.117. The van der Waals surface area contributed by atoms with Gasteiger partial charge in [-0.05, 0) is 59.2 Å². The Labute approximate surface area is 208 Å². The molecule has 3 heterocycles. The van der Waals surface area contributed by atoms with E-state index in [0.29, 0.717) is 27.5 Å². The van der Waals surface area contributed by atoms with E-state index in [1.54, 1.807) is 65.2 Å². The smallest absolute Gasteiger partial charge is 0.350 e. The van der Waals surface area contributed by atoms with E-state index < -0.39 is 12.1 Å². The lowest BCUT2D eigenvalue weighted by Gasteiger charge is -2.21. The SMILES string of the molecule is Cn1cc(C(c2ccc3c(cnn3-c3ccc(F)cc3)c2)C(F)(F)F)c2ccc(-c3cncnc3)cc21. The summed E-state index contributed by atoms with van der Waals surface area (Å²) in [7, 11) is 1.74. The van der Waals surface area contributed by atoms with Crippen LogP contribution in [0.3, 0.4) is 0 Å². The summed E-state index contributed by atoms with van der Waals surface area (Å²) in [6, 6.07) is 15.7. The van der Waals surface area contributed by atoms with E-state index in [1.807, 2.05) is 6.07 Å². The van der Waals surface area contributed by atoms with Gasteiger partial charge in [0.25, 0.3) is 0 Å². The molecule has 1 atom stereocenters. The van der Waals surface area contributed by atoms with Crippen molar-refractivity contribution in [2.24, 2.45) is 7.05 Å². The fourth-order valence-electron chi connectivity index (χ4n) is 4.84. The molecule has 9 heteroatoms. The lowest BCUT2D eigenvalue weighted by Crippen LogP contribution is -2.21. The van der Waals surface area contributed by atoms with Crippen LogP contribution in [0.5, 0.6) is 0 Å². The second kappa shape index (κ2) is 8.55. The van der Waals surface area contributed by atoms with Crippen molar-refractivity contribution in [1.82, 2.24) is 24.3 Å². The molecule has 0 spiro atoms. The van der Waals surface area contributed by atoms with E-state index in [2.05, 4.69) is 15.1 Å². The van der Waals surface area contributed by atoms with E-state index in [4.69, 9.17) is 0 Å². The highest BCUT2D eigenvalue weighted by atomic mass is 19.4.